The first-order chi connectivity index (χ1) is 15.0. The number of ether oxygens (including phenoxy) is 2. The van der Waals surface area contributed by atoms with Gasteiger partial charge in [-0.2, -0.15) is 0 Å². The summed E-state index contributed by atoms with van der Waals surface area (Å²) in [5.41, 5.74) is 8.17. The Morgan fingerprint density at radius 2 is 1.58 bits per heavy atom. The van der Waals surface area contributed by atoms with Crippen LogP contribution in [-0.4, -0.2) is 47.1 Å². The standard InChI is InChI=1S/C24H28N4O3/c1-4-28(5-2)23(29)21-17(3)26-24(25)27-22(21)18-10-9-13-20(16-18)31-15-14-30-19-11-7-6-8-12-19/h6-13,16H,4-5,14-15H2,1-3H3,(H2,25,26,27). The fourth-order valence-corrected chi connectivity index (χ4v) is 3.30. The maximum atomic E-state index is 13.1. The number of carbonyl (C=O) groups excluding carboxylic acids is 1. The first-order valence-electron chi connectivity index (χ1n) is 10.4. The van der Waals surface area contributed by atoms with E-state index in [9.17, 15) is 4.79 Å². The first-order valence-corrected chi connectivity index (χ1v) is 10.4. The molecular formula is C24H28N4O3. The molecule has 0 aliphatic rings. The average Bonchev–Trinajstić information content (AvgIpc) is 2.78. The van der Waals surface area contributed by atoms with Crippen LogP contribution >= 0.6 is 0 Å². The highest BCUT2D eigenvalue weighted by Crippen LogP contribution is 2.28. The summed E-state index contributed by atoms with van der Waals surface area (Å²) in [5, 5.41) is 0. The maximum Gasteiger partial charge on any atom is 0.257 e. The van der Waals surface area contributed by atoms with Crippen LogP contribution < -0.4 is 15.2 Å². The molecule has 0 unspecified atom stereocenters. The number of anilines is 1. The maximum absolute atomic E-state index is 13.1. The number of aryl methyl sites for hydroxylation is 1. The Kier molecular flexibility index (Phi) is 7.43. The summed E-state index contributed by atoms with van der Waals surface area (Å²) in [4.78, 5) is 23.5. The zero-order valence-corrected chi connectivity index (χ0v) is 18.2. The lowest BCUT2D eigenvalue weighted by molar-refractivity contribution is 0.0772. The van der Waals surface area contributed by atoms with Gasteiger partial charge in [-0.05, 0) is 45.0 Å². The molecule has 0 radical (unpaired) electrons. The van der Waals surface area contributed by atoms with E-state index in [1.165, 1.54) is 0 Å². The van der Waals surface area contributed by atoms with Crippen LogP contribution in [0.25, 0.3) is 11.3 Å². The van der Waals surface area contributed by atoms with Crippen LogP contribution in [0.5, 0.6) is 11.5 Å². The van der Waals surface area contributed by atoms with Crippen LogP contribution in [0.2, 0.25) is 0 Å². The van der Waals surface area contributed by atoms with Gasteiger partial charge in [0.2, 0.25) is 5.95 Å². The van der Waals surface area contributed by atoms with E-state index < -0.39 is 0 Å². The van der Waals surface area contributed by atoms with Gasteiger partial charge in [0.05, 0.1) is 17.0 Å². The highest BCUT2D eigenvalue weighted by atomic mass is 16.5. The normalized spacial score (nSPS) is 10.5. The van der Waals surface area contributed by atoms with Crippen LogP contribution in [0.4, 0.5) is 5.95 Å². The third-order valence-electron chi connectivity index (χ3n) is 4.84. The number of aromatic nitrogens is 2. The molecule has 1 aromatic heterocycles. The molecule has 7 nitrogen and oxygen atoms in total. The summed E-state index contributed by atoms with van der Waals surface area (Å²) < 4.78 is 11.5. The van der Waals surface area contributed by atoms with Crippen molar-refractivity contribution in [1.82, 2.24) is 14.9 Å². The van der Waals surface area contributed by atoms with Crippen LogP contribution in [0, 0.1) is 6.92 Å². The van der Waals surface area contributed by atoms with Crippen LogP contribution in [-0.2, 0) is 0 Å². The van der Waals surface area contributed by atoms with E-state index in [1.807, 2.05) is 68.4 Å². The molecule has 31 heavy (non-hydrogen) atoms. The van der Waals surface area contributed by atoms with E-state index >= 15 is 0 Å². The minimum atomic E-state index is -0.111. The van der Waals surface area contributed by atoms with Gasteiger partial charge in [0.1, 0.15) is 24.7 Å². The molecule has 0 fully saturated rings. The lowest BCUT2D eigenvalue weighted by atomic mass is 10.0. The Bertz CT molecular complexity index is 1020. The zero-order valence-electron chi connectivity index (χ0n) is 18.2. The molecule has 0 aliphatic carbocycles. The van der Waals surface area contributed by atoms with Gasteiger partial charge < -0.3 is 20.1 Å². The van der Waals surface area contributed by atoms with Crippen molar-refractivity contribution in [3.05, 3.63) is 65.9 Å². The average molecular weight is 421 g/mol. The number of hydrogen-bond donors (Lipinski definition) is 1. The van der Waals surface area contributed by atoms with E-state index in [-0.39, 0.29) is 11.9 Å². The number of nitrogens with two attached hydrogens (primary N) is 1. The molecule has 0 bridgehead atoms. The molecule has 0 atom stereocenters. The first kappa shape index (κ1) is 22.1. The largest absolute Gasteiger partial charge is 0.490 e. The predicted octanol–water partition coefficient (Wildman–Crippen LogP) is 3.97. The van der Waals surface area contributed by atoms with Crippen molar-refractivity contribution >= 4 is 11.9 Å². The quantitative estimate of drug-likeness (QED) is 0.527. The van der Waals surface area contributed by atoms with E-state index in [4.69, 9.17) is 15.2 Å². The Balaban J connectivity index is 1.80. The van der Waals surface area contributed by atoms with E-state index in [1.54, 1.807) is 11.8 Å². The molecule has 0 saturated carbocycles. The number of rotatable bonds is 9. The molecular weight excluding hydrogens is 392 g/mol. The molecule has 1 heterocycles. The minimum absolute atomic E-state index is 0.111. The smallest absolute Gasteiger partial charge is 0.257 e. The van der Waals surface area contributed by atoms with Gasteiger partial charge in [0.15, 0.2) is 0 Å². The molecule has 162 valence electrons. The summed E-state index contributed by atoms with van der Waals surface area (Å²) in [5.74, 6) is 1.47. The van der Waals surface area contributed by atoms with Gasteiger partial charge in [-0.25, -0.2) is 9.97 Å². The van der Waals surface area contributed by atoms with Crippen LogP contribution in [0.3, 0.4) is 0 Å². The molecule has 7 heteroatoms. The Morgan fingerprint density at radius 1 is 0.935 bits per heavy atom. The Morgan fingerprint density at radius 3 is 2.26 bits per heavy atom. The Labute approximate surface area is 182 Å². The minimum Gasteiger partial charge on any atom is -0.490 e. The van der Waals surface area contributed by atoms with Crippen molar-refractivity contribution in [2.75, 3.05) is 32.0 Å². The van der Waals surface area contributed by atoms with E-state index in [0.29, 0.717) is 49.0 Å². The Hall–Kier alpha value is -3.61. The van der Waals surface area contributed by atoms with Gasteiger partial charge in [-0.3, -0.25) is 4.79 Å². The molecule has 3 aromatic rings. The zero-order chi connectivity index (χ0) is 22.2. The van der Waals surface area contributed by atoms with Crippen LogP contribution in [0.1, 0.15) is 29.9 Å². The van der Waals surface area contributed by atoms with Gasteiger partial charge in [-0.1, -0.05) is 30.3 Å². The third kappa shape index (κ3) is 5.51. The van der Waals surface area contributed by atoms with Gasteiger partial charge >= 0.3 is 0 Å². The molecule has 0 saturated heterocycles. The van der Waals surface area contributed by atoms with Crippen molar-refractivity contribution < 1.29 is 14.3 Å². The predicted molar refractivity (Wildman–Crippen MR) is 121 cm³/mol. The van der Waals surface area contributed by atoms with Gasteiger partial charge in [-0.15, -0.1) is 0 Å². The van der Waals surface area contributed by atoms with Gasteiger partial charge in [0.25, 0.3) is 5.91 Å². The molecule has 0 aliphatic heterocycles. The monoisotopic (exact) mass is 420 g/mol. The lowest BCUT2D eigenvalue weighted by Crippen LogP contribution is -2.32. The van der Waals surface area contributed by atoms with Crippen molar-refractivity contribution in [3.8, 4) is 22.8 Å². The third-order valence-corrected chi connectivity index (χ3v) is 4.84. The van der Waals surface area contributed by atoms with Crippen molar-refractivity contribution in [3.63, 3.8) is 0 Å². The fraction of sp³-hybridized carbons (Fsp3) is 0.292. The van der Waals surface area contributed by atoms with E-state index in [2.05, 4.69) is 9.97 Å². The molecule has 1 amide bonds. The molecule has 3 rings (SSSR count). The van der Waals surface area contributed by atoms with Crippen molar-refractivity contribution in [2.45, 2.75) is 20.8 Å². The fourth-order valence-electron chi connectivity index (χ4n) is 3.30. The second-order valence-corrected chi connectivity index (χ2v) is 6.91. The second-order valence-electron chi connectivity index (χ2n) is 6.91. The summed E-state index contributed by atoms with van der Waals surface area (Å²) in [6.07, 6.45) is 0. The SMILES string of the molecule is CCN(CC)C(=O)c1c(C)nc(N)nc1-c1cccc(OCCOc2ccccc2)c1. The number of nitrogens with zero attached hydrogens (tertiary/aromatic N) is 3. The number of carbonyl (C=O) groups is 1. The lowest BCUT2D eigenvalue weighted by Gasteiger charge is -2.21. The summed E-state index contributed by atoms with van der Waals surface area (Å²) in [6.45, 7) is 7.67. The number of amides is 1. The van der Waals surface area contributed by atoms with Crippen LogP contribution in [0.15, 0.2) is 54.6 Å². The molecule has 2 aromatic carbocycles. The van der Waals surface area contributed by atoms with Crippen molar-refractivity contribution in [2.24, 2.45) is 0 Å². The highest BCUT2D eigenvalue weighted by Gasteiger charge is 2.23. The topological polar surface area (TPSA) is 90.6 Å². The van der Waals surface area contributed by atoms with E-state index in [0.717, 1.165) is 11.3 Å². The molecule has 2 N–H and O–H groups in total. The second kappa shape index (κ2) is 10.4. The number of para-hydroxylation sites is 1. The number of nitrogen functional groups attached to an aromatic ring is 1. The number of hydrogen-bond acceptors (Lipinski definition) is 6. The number of benzene rings is 2. The summed E-state index contributed by atoms with van der Waals surface area (Å²) in [7, 11) is 0. The van der Waals surface area contributed by atoms with Gasteiger partial charge in [0, 0.05) is 18.7 Å². The summed E-state index contributed by atoms with van der Waals surface area (Å²) >= 11 is 0. The highest BCUT2D eigenvalue weighted by molar-refractivity contribution is 6.01. The summed E-state index contributed by atoms with van der Waals surface area (Å²) in [6, 6.07) is 17.0. The molecule has 0 spiro atoms. The van der Waals surface area contributed by atoms with Crippen molar-refractivity contribution in [1.29, 1.82) is 0 Å².